The number of carbonyl (C=O) groups excluding carboxylic acids is 1. The first-order chi connectivity index (χ1) is 12.4. The van der Waals surface area contributed by atoms with Crippen molar-refractivity contribution in [1.82, 2.24) is 9.88 Å². The summed E-state index contributed by atoms with van der Waals surface area (Å²) in [6, 6.07) is 8.63. The van der Waals surface area contributed by atoms with Crippen molar-refractivity contribution in [2.24, 2.45) is 0 Å². The van der Waals surface area contributed by atoms with Crippen LogP contribution in [-0.2, 0) is 6.18 Å². The van der Waals surface area contributed by atoms with E-state index in [4.69, 9.17) is 9.47 Å². The Kier molecular flexibility index (Phi) is 5.01. The van der Waals surface area contributed by atoms with Gasteiger partial charge in [-0.15, -0.1) is 0 Å². The molecule has 0 N–H and O–H groups in total. The molecule has 5 nitrogen and oxygen atoms in total. The highest BCUT2D eigenvalue weighted by Crippen LogP contribution is 2.31. The lowest BCUT2D eigenvalue weighted by Crippen LogP contribution is -2.31. The van der Waals surface area contributed by atoms with Crippen molar-refractivity contribution < 1.29 is 27.4 Å². The summed E-state index contributed by atoms with van der Waals surface area (Å²) in [6.45, 7) is 0.718. The lowest BCUT2D eigenvalue weighted by Gasteiger charge is -2.18. The fourth-order valence-electron chi connectivity index (χ4n) is 2.82. The molecule has 0 aliphatic carbocycles. The van der Waals surface area contributed by atoms with Crippen LogP contribution < -0.4 is 9.47 Å². The van der Waals surface area contributed by atoms with Gasteiger partial charge in [-0.1, -0.05) is 12.1 Å². The van der Waals surface area contributed by atoms with E-state index in [1.165, 1.54) is 7.11 Å². The Labute approximate surface area is 148 Å². The van der Waals surface area contributed by atoms with Crippen LogP contribution in [0.4, 0.5) is 13.2 Å². The van der Waals surface area contributed by atoms with Crippen LogP contribution in [0.1, 0.15) is 22.3 Å². The average Bonchev–Trinajstić information content (AvgIpc) is 3.09. The monoisotopic (exact) mass is 366 g/mol. The van der Waals surface area contributed by atoms with Gasteiger partial charge < -0.3 is 14.4 Å². The van der Waals surface area contributed by atoms with E-state index in [9.17, 15) is 18.0 Å². The van der Waals surface area contributed by atoms with Crippen molar-refractivity contribution in [1.29, 1.82) is 0 Å². The lowest BCUT2D eigenvalue weighted by molar-refractivity contribution is -0.137. The Morgan fingerprint density at radius 1 is 1.27 bits per heavy atom. The second-order valence-electron chi connectivity index (χ2n) is 5.86. The summed E-state index contributed by atoms with van der Waals surface area (Å²) in [5, 5.41) is 0. The predicted octanol–water partition coefficient (Wildman–Crippen LogP) is 3.40. The number of para-hydroxylation sites is 1. The standard InChI is InChI=1S/C18H17F3N2O3/c1-25-15-5-3-2-4-14(15)17(24)23-9-7-13(11-23)26-16-10-12(6-8-22-16)18(19,20)21/h2-6,8,10,13H,7,9,11H2,1H3. The first-order valence-corrected chi connectivity index (χ1v) is 8.00. The van der Waals surface area contributed by atoms with Crippen molar-refractivity contribution in [3.8, 4) is 11.6 Å². The molecule has 1 aromatic heterocycles. The minimum atomic E-state index is -4.46. The van der Waals surface area contributed by atoms with Gasteiger partial charge in [-0.25, -0.2) is 4.98 Å². The van der Waals surface area contributed by atoms with Crippen LogP contribution in [0.3, 0.4) is 0 Å². The Morgan fingerprint density at radius 3 is 2.77 bits per heavy atom. The van der Waals surface area contributed by atoms with Crippen molar-refractivity contribution in [2.45, 2.75) is 18.7 Å². The van der Waals surface area contributed by atoms with Gasteiger partial charge in [-0.2, -0.15) is 13.2 Å². The number of methoxy groups -OCH3 is 1. The molecule has 1 saturated heterocycles. The third-order valence-electron chi connectivity index (χ3n) is 4.12. The molecule has 1 unspecified atom stereocenters. The van der Waals surface area contributed by atoms with Crippen LogP contribution in [0.15, 0.2) is 42.6 Å². The number of aromatic nitrogens is 1. The third kappa shape index (κ3) is 3.89. The number of amides is 1. The van der Waals surface area contributed by atoms with Crippen molar-refractivity contribution >= 4 is 5.91 Å². The first kappa shape index (κ1) is 18.0. The smallest absolute Gasteiger partial charge is 0.416 e. The quantitative estimate of drug-likeness (QED) is 0.832. The molecule has 0 saturated carbocycles. The number of hydrogen-bond donors (Lipinski definition) is 0. The maximum atomic E-state index is 12.8. The van der Waals surface area contributed by atoms with Crippen LogP contribution in [0.5, 0.6) is 11.6 Å². The fourth-order valence-corrected chi connectivity index (χ4v) is 2.82. The number of rotatable bonds is 4. The highest BCUT2D eigenvalue weighted by Gasteiger charge is 2.33. The Hall–Kier alpha value is -2.77. The molecular formula is C18H17F3N2O3. The molecule has 1 fully saturated rings. The summed E-state index contributed by atoms with van der Waals surface area (Å²) >= 11 is 0. The zero-order valence-corrected chi connectivity index (χ0v) is 14.0. The average molecular weight is 366 g/mol. The topological polar surface area (TPSA) is 51.7 Å². The summed E-state index contributed by atoms with van der Waals surface area (Å²) < 4.78 is 49.0. The van der Waals surface area contributed by atoms with Crippen LogP contribution >= 0.6 is 0 Å². The minimum Gasteiger partial charge on any atom is -0.496 e. The zero-order chi connectivity index (χ0) is 18.7. The van der Waals surface area contributed by atoms with E-state index in [-0.39, 0.29) is 18.3 Å². The molecule has 0 radical (unpaired) electrons. The SMILES string of the molecule is COc1ccccc1C(=O)N1CCC(Oc2cc(C(F)(F)F)ccn2)C1. The highest BCUT2D eigenvalue weighted by atomic mass is 19.4. The summed E-state index contributed by atoms with van der Waals surface area (Å²) in [4.78, 5) is 18.1. The number of alkyl halides is 3. The van der Waals surface area contributed by atoms with Crippen molar-refractivity contribution in [3.05, 3.63) is 53.7 Å². The number of halogens is 3. The molecule has 1 atom stereocenters. The molecule has 1 amide bonds. The van der Waals surface area contributed by atoms with Crippen LogP contribution in [-0.4, -0.2) is 42.1 Å². The van der Waals surface area contributed by atoms with Crippen LogP contribution in [0.2, 0.25) is 0 Å². The molecule has 0 spiro atoms. The van der Waals surface area contributed by atoms with E-state index in [2.05, 4.69) is 4.98 Å². The molecule has 138 valence electrons. The van der Waals surface area contributed by atoms with Crippen LogP contribution in [0.25, 0.3) is 0 Å². The van der Waals surface area contributed by atoms with E-state index in [1.807, 2.05) is 0 Å². The predicted molar refractivity (Wildman–Crippen MR) is 87.2 cm³/mol. The van der Waals surface area contributed by atoms with E-state index < -0.39 is 17.8 Å². The summed E-state index contributed by atoms with van der Waals surface area (Å²) in [5.41, 5.74) is -0.379. The number of likely N-dealkylation sites (tertiary alicyclic amines) is 1. The largest absolute Gasteiger partial charge is 0.496 e. The molecular weight excluding hydrogens is 349 g/mol. The molecule has 26 heavy (non-hydrogen) atoms. The van der Waals surface area contributed by atoms with E-state index in [0.29, 0.717) is 24.3 Å². The van der Waals surface area contributed by atoms with Gasteiger partial charge in [-0.05, 0) is 18.2 Å². The molecule has 1 aromatic carbocycles. The van der Waals surface area contributed by atoms with Gasteiger partial charge in [0.2, 0.25) is 5.88 Å². The molecule has 1 aliphatic rings. The Morgan fingerprint density at radius 2 is 2.04 bits per heavy atom. The van der Waals surface area contributed by atoms with Crippen molar-refractivity contribution in [2.75, 3.05) is 20.2 Å². The maximum absolute atomic E-state index is 12.8. The zero-order valence-electron chi connectivity index (χ0n) is 14.0. The highest BCUT2D eigenvalue weighted by molar-refractivity contribution is 5.97. The molecule has 2 aromatic rings. The summed E-state index contributed by atoms with van der Waals surface area (Å²) in [5.74, 6) is 0.170. The number of ether oxygens (including phenoxy) is 2. The molecule has 1 aliphatic heterocycles. The fraction of sp³-hybridized carbons (Fsp3) is 0.333. The maximum Gasteiger partial charge on any atom is 0.416 e. The summed E-state index contributed by atoms with van der Waals surface area (Å²) in [6.07, 6.45) is -3.30. The number of carbonyl (C=O) groups is 1. The van der Waals surface area contributed by atoms with Gasteiger partial charge in [0, 0.05) is 25.2 Å². The molecule has 3 rings (SSSR count). The third-order valence-corrected chi connectivity index (χ3v) is 4.12. The van der Waals surface area contributed by atoms with Crippen LogP contribution in [0, 0.1) is 0 Å². The Bertz CT molecular complexity index is 795. The van der Waals surface area contributed by atoms with E-state index >= 15 is 0 Å². The number of pyridine rings is 1. The van der Waals surface area contributed by atoms with Gasteiger partial charge in [-0.3, -0.25) is 4.79 Å². The second kappa shape index (κ2) is 7.23. The second-order valence-corrected chi connectivity index (χ2v) is 5.86. The number of benzene rings is 1. The van der Waals surface area contributed by atoms with E-state index in [1.54, 1.807) is 29.2 Å². The van der Waals surface area contributed by atoms with Crippen molar-refractivity contribution in [3.63, 3.8) is 0 Å². The van der Waals surface area contributed by atoms with Gasteiger partial charge in [0.25, 0.3) is 5.91 Å². The molecule has 8 heteroatoms. The van der Waals surface area contributed by atoms with E-state index in [0.717, 1.165) is 18.3 Å². The molecule has 2 heterocycles. The van der Waals surface area contributed by atoms with Gasteiger partial charge in [0.1, 0.15) is 11.9 Å². The number of nitrogens with zero attached hydrogens (tertiary/aromatic N) is 2. The number of hydrogen-bond acceptors (Lipinski definition) is 4. The molecule has 0 bridgehead atoms. The normalized spacial score (nSPS) is 17.2. The Balaban J connectivity index is 1.67. The van der Waals surface area contributed by atoms with Gasteiger partial charge >= 0.3 is 6.18 Å². The first-order valence-electron chi connectivity index (χ1n) is 8.00. The lowest BCUT2D eigenvalue weighted by atomic mass is 10.2. The minimum absolute atomic E-state index is 0.101. The van der Waals surface area contributed by atoms with Gasteiger partial charge in [0.05, 0.1) is 24.8 Å². The summed E-state index contributed by atoms with van der Waals surface area (Å²) in [7, 11) is 1.49. The van der Waals surface area contributed by atoms with Gasteiger partial charge in [0.15, 0.2) is 0 Å².